The van der Waals surface area contributed by atoms with Crippen molar-refractivity contribution < 1.29 is 4.79 Å². The lowest BCUT2D eigenvalue weighted by Crippen LogP contribution is -2.27. The smallest absolute Gasteiger partial charge is 0.263 e. The van der Waals surface area contributed by atoms with Gasteiger partial charge in [-0.2, -0.15) is 5.26 Å². The van der Waals surface area contributed by atoms with Crippen LogP contribution in [0.4, 0.5) is 5.69 Å². The largest absolute Gasteiger partial charge is 0.360 e. The molecule has 0 aliphatic rings. The lowest BCUT2D eigenvalue weighted by atomic mass is 10.1. The zero-order chi connectivity index (χ0) is 17.4. The van der Waals surface area contributed by atoms with E-state index in [-0.39, 0.29) is 5.57 Å². The summed E-state index contributed by atoms with van der Waals surface area (Å²) >= 11 is 6.05. The monoisotopic (exact) mass is 339 g/mol. The maximum Gasteiger partial charge on any atom is 0.263 e. The molecule has 0 fully saturated rings. The van der Waals surface area contributed by atoms with E-state index in [1.165, 1.54) is 6.20 Å². The van der Waals surface area contributed by atoms with Crippen molar-refractivity contribution in [2.75, 3.05) is 11.9 Å². The van der Waals surface area contributed by atoms with Crippen LogP contribution in [0.25, 0.3) is 0 Å². The van der Waals surface area contributed by atoms with E-state index in [1.807, 2.05) is 55.5 Å². The maximum atomic E-state index is 12.0. The van der Waals surface area contributed by atoms with Gasteiger partial charge in [-0.05, 0) is 36.6 Å². The topological polar surface area (TPSA) is 64.9 Å². The Morgan fingerprint density at radius 1 is 1.25 bits per heavy atom. The normalized spacial score (nSPS) is 10.8. The standard InChI is InChI=1S/C19H18ClN3O/c1-14-7-8-17(11-18(14)20)23-13-16(12-21)19(24)22-10-9-15-5-3-2-4-6-15/h2-8,11,13,23H,9-10H2,1H3,(H,22,24)/b16-13-. The molecule has 0 atom stereocenters. The van der Waals surface area contributed by atoms with Gasteiger partial charge in [0.25, 0.3) is 5.91 Å². The van der Waals surface area contributed by atoms with Crippen LogP contribution in [0.1, 0.15) is 11.1 Å². The third kappa shape index (κ3) is 5.15. The summed E-state index contributed by atoms with van der Waals surface area (Å²) in [7, 11) is 0. The van der Waals surface area contributed by atoms with E-state index >= 15 is 0 Å². The highest BCUT2D eigenvalue weighted by Gasteiger charge is 2.08. The molecular formula is C19H18ClN3O. The lowest BCUT2D eigenvalue weighted by Gasteiger charge is -2.06. The fourth-order valence-corrected chi connectivity index (χ4v) is 2.23. The van der Waals surface area contributed by atoms with Gasteiger partial charge in [0, 0.05) is 23.5 Å². The molecule has 0 aliphatic carbocycles. The van der Waals surface area contributed by atoms with Gasteiger partial charge in [-0.25, -0.2) is 0 Å². The summed E-state index contributed by atoms with van der Waals surface area (Å²) < 4.78 is 0. The van der Waals surface area contributed by atoms with Crippen LogP contribution in [0.2, 0.25) is 5.02 Å². The molecule has 2 rings (SSSR count). The van der Waals surface area contributed by atoms with Crippen LogP contribution in [-0.2, 0) is 11.2 Å². The molecule has 2 aromatic carbocycles. The Kier molecular flexibility index (Phi) is 6.41. The first-order valence-corrected chi connectivity index (χ1v) is 7.93. The number of halogens is 1. The number of nitriles is 1. The van der Waals surface area contributed by atoms with Crippen molar-refractivity contribution in [3.8, 4) is 6.07 Å². The maximum absolute atomic E-state index is 12.0. The third-order valence-electron chi connectivity index (χ3n) is 3.46. The summed E-state index contributed by atoms with van der Waals surface area (Å²) in [4.78, 5) is 12.0. The minimum absolute atomic E-state index is 0.0137. The number of nitrogens with zero attached hydrogens (tertiary/aromatic N) is 1. The molecule has 5 heteroatoms. The van der Waals surface area contributed by atoms with Gasteiger partial charge in [0.05, 0.1) is 0 Å². The van der Waals surface area contributed by atoms with E-state index in [4.69, 9.17) is 16.9 Å². The minimum atomic E-state index is -0.404. The van der Waals surface area contributed by atoms with E-state index in [0.29, 0.717) is 18.0 Å². The van der Waals surface area contributed by atoms with Crippen molar-refractivity contribution in [2.24, 2.45) is 0 Å². The summed E-state index contributed by atoms with van der Waals surface area (Å²) in [6, 6.07) is 17.2. The Hall–Kier alpha value is -2.77. The van der Waals surface area contributed by atoms with Crippen molar-refractivity contribution in [3.63, 3.8) is 0 Å². The SMILES string of the molecule is Cc1ccc(N/C=C(/C#N)C(=O)NCCc2ccccc2)cc1Cl. The summed E-state index contributed by atoms with van der Waals surface area (Å²) in [5.74, 6) is -0.404. The molecular weight excluding hydrogens is 322 g/mol. The molecule has 24 heavy (non-hydrogen) atoms. The van der Waals surface area contributed by atoms with E-state index in [0.717, 1.165) is 16.8 Å². The second kappa shape index (κ2) is 8.76. The first-order chi connectivity index (χ1) is 11.6. The second-order valence-corrected chi connectivity index (χ2v) is 5.68. The number of aryl methyl sites for hydroxylation is 1. The third-order valence-corrected chi connectivity index (χ3v) is 3.87. The van der Waals surface area contributed by atoms with Crippen LogP contribution in [0.5, 0.6) is 0 Å². The number of benzene rings is 2. The van der Waals surface area contributed by atoms with Crippen LogP contribution in [-0.4, -0.2) is 12.5 Å². The predicted octanol–water partition coefficient (Wildman–Crippen LogP) is 3.83. The molecule has 2 N–H and O–H groups in total. The van der Waals surface area contributed by atoms with Crippen LogP contribution >= 0.6 is 11.6 Å². The van der Waals surface area contributed by atoms with Crippen LogP contribution in [0.15, 0.2) is 60.3 Å². The highest BCUT2D eigenvalue weighted by molar-refractivity contribution is 6.31. The van der Waals surface area contributed by atoms with Crippen molar-refractivity contribution >= 4 is 23.2 Å². The summed E-state index contributed by atoms with van der Waals surface area (Å²) in [6.45, 7) is 2.38. The molecule has 2 aromatic rings. The number of hydrogen-bond acceptors (Lipinski definition) is 3. The Morgan fingerprint density at radius 2 is 2.00 bits per heavy atom. The number of carbonyl (C=O) groups is 1. The Balaban J connectivity index is 1.90. The zero-order valence-corrected chi connectivity index (χ0v) is 14.1. The van der Waals surface area contributed by atoms with Gasteiger partial charge in [0.1, 0.15) is 11.6 Å². The van der Waals surface area contributed by atoms with E-state index in [2.05, 4.69) is 10.6 Å². The first kappa shape index (κ1) is 17.6. The van der Waals surface area contributed by atoms with Crippen molar-refractivity contribution in [2.45, 2.75) is 13.3 Å². The van der Waals surface area contributed by atoms with Crippen LogP contribution < -0.4 is 10.6 Å². The number of hydrogen-bond donors (Lipinski definition) is 2. The summed E-state index contributed by atoms with van der Waals surface area (Å²) in [5, 5.41) is 15.4. The molecule has 0 saturated heterocycles. The number of carbonyl (C=O) groups excluding carboxylic acids is 1. The van der Waals surface area contributed by atoms with Crippen molar-refractivity contribution in [1.82, 2.24) is 5.32 Å². The van der Waals surface area contributed by atoms with Gasteiger partial charge >= 0.3 is 0 Å². The molecule has 0 saturated carbocycles. The van der Waals surface area contributed by atoms with Gasteiger partial charge in [0.15, 0.2) is 0 Å². The molecule has 0 heterocycles. The molecule has 1 amide bonds. The molecule has 0 spiro atoms. The molecule has 4 nitrogen and oxygen atoms in total. The quantitative estimate of drug-likeness (QED) is 0.621. The lowest BCUT2D eigenvalue weighted by molar-refractivity contribution is -0.117. The molecule has 0 radical (unpaired) electrons. The Morgan fingerprint density at radius 3 is 2.67 bits per heavy atom. The highest BCUT2D eigenvalue weighted by atomic mass is 35.5. The summed E-state index contributed by atoms with van der Waals surface area (Å²) in [6.07, 6.45) is 2.10. The van der Waals surface area contributed by atoms with E-state index in [9.17, 15) is 4.79 Å². The number of anilines is 1. The van der Waals surface area contributed by atoms with E-state index < -0.39 is 5.91 Å². The zero-order valence-electron chi connectivity index (χ0n) is 13.3. The Labute approximate surface area is 146 Å². The first-order valence-electron chi connectivity index (χ1n) is 7.55. The molecule has 0 aromatic heterocycles. The minimum Gasteiger partial charge on any atom is -0.360 e. The Bertz CT molecular complexity index is 779. The van der Waals surface area contributed by atoms with E-state index in [1.54, 1.807) is 6.07 Å². The number of nitrogens with one attached hydrogen (secondary N) is 2. The second-order valence-electron chi connectivity index (χ2n) is 5.27. The number of amides is 1. The molecule has 122 valence electrons. The van der Waals surface area contributed by atoms with Crippen molar-refractivity contribution in [3.05, 3.63) is 76.5 Å². The summed E-state index contributed by atoms with van der Waals surface area (Å²) in [5.41, 5.74) is 2.83. The highest BCUT2D eigenvalue weighted by Crippen LogP contribution is 2.20. The van der Waals surface area contributed by atoms with Crippen LogP contribution in [0.3, 0.4) is 0 Å². The predicted molar refractivity (Wildman–Crippen MR) is 96.7 cm³/mol. The number of rotatable bonds is 6. The van der Waals surface area contributed by atoms with Crippen molar-refractivity contribution in [1.29, 1.82) is 5.26 Å². The van der Waals surface area contributed by atoms with Gasteiger partial charge in [0.2, 0.25) is 0 Å². The average molecular weight is 340 g/mol. The van der Waals surface area contributed by atoms with Gasteiger partial charge < -0.3 is 10.6 Å². The molecule has 0 unspecified atom stereocenters. The average Bonchev–Trinajstić information content (AvgIpc) is 2.59. The van der Waals surface area contributed by atoms with Gasteiger partial charge in [-0.1, -0.05) is 48.0 Å². The van der Waals surface area contributed by atoms with Crippen LogP contribution in [0, 0.1) is 18.3 Å². The van der Waals surface area contributed by atoms with Gasteiger partial charge in [-0.3, -0.25) is 4.79 Å². The molecule has 0 aliphatic heterocycles. The molecule has 0 bridgehead atoms. The fraction of sp³-hybridized carbons (Fsp3) is 0.158. The van der Waals surface area contributed by atoms with Gasteiger partial charge in [-0.15, -0.1) is 0 Å². The fourth-order valence-electron chi connectivity index (χ4n) is 2.05.